The Hall–Kier alpha value is 0.310. The molecular weight excluding hydrogens is 118 g/mol. The van der Waals surface area contributed by atoms with Gasteiger partial charge in [0.25, 0.3) is 0 Å². The van der Waals surface area contributed by atoms with E-state index < -0.39 is 0 Å². The third-order valence-electron chi connectivity index (χ3n) is 1.50. The zero-order chi connectivity index (χ0) is 6.62. The van der Waals surface area contributed by atoms with Gasteiger partial charge in [-0.3, -0.25) is 0 Å². The molecule has 49 valence electrons. The van der Waals surface area contributed by atoms with Gasteiger partial charge >= 0.3 is 0 Å². The van der Waals surface area contributed by atoms with Crippen molar-refractivity contribution in [1.82, 2.24) is 0 Å². The highest BCUT2D eigenvalue weighted by atomic mass is 32.1. The summed E-state index contributed by atoms with van der Waals surface area (Å²) >= 11 is 4.33. The summed E-state index contributed by atoms with van der Waals surface area (Å²) in [5, 5.41) is 0. The van der Waals surface area contributed by atoms with Crippen LogP contribution in [0.25, 0.3) is 0 Å². The van der Waals surface area contributed by atoms with E-state index in [0.29, 0.717) is 6.54 Å². The second-order valence-corrected chi connectivity index (χ2v) is 2.98. The molecule has 1 unspecified atom stereocenters. The SMILES string of the molecule is [CH2]CC(S)(CC)CN. The number of nitrogens with two attached hydrogens (primary N) is 1. The maximum absolute atomic E-state index is 5.41. The average molecular weight is 132 g/mol. The zero-order valence-corrected chi connectivity index (χ0v) is 6.25. The van der Waals surface area contributed by atoms with Gasteiger partial charge in [0.05, 0.1) is 0 Å². The summed E-state index contributed by atoms with van der Waals surface area (Å²) in [6.07, 6.45) is 1.80. The third kappa shape index (κ3) is 2.05. The predicted molar refractivity (Wildman–Crippen MR) is 41.0 cm³/mol. The molecule has 0 rings (SSSR count). The Kier molecular flexibility index (Phi) is 3.49. The molecular formula is C6H14NS. The maximum atomic E-state index is 5.41. The first-order valence-corrected chi connectivity index (χ1v) is 3.35. The molecule has 2 heteroatoms. The van der Waals surface area contributed by atoms with Crippen LogP contribution >= 0.6 is 12.6 Å². The standard InChI is InChI=1S/C6H14NS/c1-3-6(8,4-2)5-7/h8H,1,3-5,7H2,2H3. The minimum atomic E-state index is -0.0139. The normalized spacial score (nSPS) is 12.0. The first-order valence-electron chi connectivity index (χ1n) is 2.90. The first kappa shape index (κ1) is 8.31. The molecule has 0 saturated carbocycles. The second-order valence-electron chi connectivity index (χ2n) is 2.03. The molecule has 0 saturated heterocycles. The predicted octanol–water partition coefficient (Wildman–Crippen LogP) is 1.25. The van der Waals surface area contributed by atoms with Crippen LogP contribution in [0.5, 0.6) is 0 Å². The minimum Gasteiger partial charge on any atom is -0.329 e. The highest BCUT2D eigenvalue weighted by Gasteiger charge is 2.17. The van der Waals surface area contributed by atoms with E-state index in [9.17, 15) is 0 Å². The molecule has 0 aromatic heterocycles. The van der Waals surface area contributed by atoms with Crippen molar-refractivity contribution in [2.45, 2.75) is 24.5 Å². The van der Waals surface area contributed by atoms with Crippen LogP contribution in [0.4, 0.5) is 0 Å². The molecule has 1 nitrogen and oxygen atoms in total. The largest absolute Gasteiger partial charge is 0.329 e. The van der Waals surface area contributed by atoms with Crippen molar-refractivity contribution in [2.75, 3.05) is 6.54 Å². The Labute approximate surface area is 57.1 Å². The van der Waals surface area contributed by atoms with Gasteiger partial charge in [0.1, 0.15) is 0 Å². The molecule has 0 spiro atoms. The van der Waals surface area contributed by atoms with Gasteiger partial charge in [0.15, 0.2) is 0 Å². The summed E-state index contributed by atoms with van der Waals surface area (Å²) < 4.78 is -0.0139. The highest BCUT2D eigenvalue weighted by molar-refractivity contribution is 7.81. The van der Waals surface area contributed by atoms with Gasteiger partial charge in [-0.1, -0.05) is 13.8 Å². The molecule has 0 aliphatic rings. The molecule has 0 bridgehead atoms. The van der Waals surface area contributed by atoms with Gasteiger partial charge in [0.2, 0.25) is 0 Å². The van der Waals surface area contributed by atoms with Crippen LogP contribution in [0.2, 0.25) is 0 Å². The van der Waals surface area contributed by atoms with Gasteiger partial charge in [-0.15, -0.1) is 0 Å². The van der Waals surface area contributed by atoms with Crippen molar-refractivity contribution in [3.05, 3.63) is 6.92 Å². The number of rotatable bonds is 3. The smallest absolute Gasteiger partial charge is 0.0249 e. The summed E-state index contributed by atoms with van der Waals surface area (Å²) in [6.45, 7) is 6.44. The first-order chi connectivity index (χ1) is 3.68. The quantitative estimate of drug-likeness (QED) is 0.555. The molecule has 0 aromatic rings. The summed E-state index contributed by atoms with van der Waals surface area (Å²) in [7, 11) is 0. The molecule has 0 heterocycles. The fourth-order valence-corrected chi connectivity index (χ4v) is 0.423. The fourth-order valence-electron chi connectivity index (χ4n) is 0.423. The van der Waals surface area contributed by atoms with E-state index in [-0.39, 0.29) is 4.75 Å². The van der Waals surface area contributed by atoms with Crippen LogP contribution in [0, 0.1) is 6.92 Å². The lowest BCUT2D eigenvalue weighted by molar-refractivity contribution is 0.587. The van der Waals surface area contributed by atoms with Crippen LogP contribution in [0.15, 0.2) is 0 Å². The van der Waals surface area contributed by atoms with Crippen molar-refractivity contribution in [1.29, 1.82) is 0 Å². The molecule has 8 heavy (non-hydrogen) atoms. The number of hydrogen-bond acceptors (Lipinski definition) is 2. The van der Waals surface area contributed by atoms with Crippen LogP contribution in [0.3, 0.4) is 0 Å². The van der Waals surface area contributed by atoms with Crippen LogP contribution < -0.4 is 5.73 Å². The Morgan fingerprint density at radius 1 is 1.75 bits per heavy atom. The molecule has 2 N–H and O–H groups in total. The van der Waals surface area contributed by atoms with E-state index >= 15 is 0 Å². The van der Waals surface area contributed by atoms with Gasteiger partial charge in [-0.25, -0.2) is 0 Å². The summed E-state index contributed by atoms with van der Waals surface area (Å²) in [4.78, 5) is 0. The molecule has 0 aliphatic carbocycles. The fraction of sp³-hybridized carbons (Fsp3) is 0.833. The van der Waals surface area contributed by atoms with E-state index in [2.05, 4.69) is 26.5 Å². The molecule has 0 aliphatic heterocycles. The van der Waals surface area contributed by atoms with Crippen LogP contribution in [0.1, 0.15) is 19.8 Å². The molecule has 1 radical (unpaired) electrons. The lowest BCUT2D eigenvalue weighted by Gasteiger charge is -2.22. The van der Waals surface area contributed by atoms with Crippen LogP contribution in [-0.4, -0.2) is 11.3 Å². The maximum Gasteiger partial charge on any atom is 0.0249 e. The van der Waals surface area contributed by atoms with Gasteiger partial charge in [0, 0.05) is 11.3 Å². The van der Waals surface area contributed by atoms with E-state index in [0.717, 1.165) is 12.8 Å². The summed E-state index contributed by atoms with van der Waals surface area (Å²) in [6, 6.07) is 0. The Balaban J connectivity index is 3.58. The van der Waals surface area contributed by atoms with Gasteiger partial charge < -0.3 is 5.73 Å². The Morgan fingerprint density at radius 3 is 2.25 bits per heavy atom. The van der Waals surface area contributed by atoms with Gasteiger partial charge in [-0.2, -0.15) is 12.6 Å². The number of hydrogen-bond donors (Lipinski definition) is 2. The number of thiol groups is 1. The summed E-state index contributed by atoms with van der Waals surface area (Å²) in [5.74, 6) is 0. The van der Waals surface area contributed by atoms with E-state index in [1.807, 2.05) is 0 Å². The van der Waals surface area contributed by atoms with Crippen molar-refractivity contribution in [2.24, 2.45) is 5.73 Å². The Bertz CT molecular complexity index is 51.3. The van der Waals surface area contributed by atoms with Crippen LogP contribution in [-0.2, 0) is 0 Å². The Morgan fingerprint density at radius 2 is 2.25 bits per heavy atom. The lowest BCUT2D eigenvalue weighted by Crippen LogP contribution is -2.29. The molecule has 1 atom stereocenters. The zero-order valence-electron chi connectivity index (χ0n) is 5.35. The molecule has 0 amide bonds. The van der Waals surface area contributed by atoms with E-state index in [1.54, 1.807) is 0 Å². The van der Waals surface area contributed by atoms with Crippen molar-refractivity contribution in [3.8, 4) is 0 Å². The van der Waals surface area contributed by atoms with Crippen molar-refractivity contribution >= 4 is 12.6 Å². The highest BCUT2D eigenvalue weighted by Crippen LogP contribution is 2.20. The van der Waals surface area contributed by atoms with Crippen molar-refractivity contribution in [3.63, 3.8) is 0 Å². The summed E-state index contributed by atoms with van der Waals surface area (Å²) in [5.41, 5.74) is 5.41. The second kappa shape index (κ2) is 3.36. The van der Waals surface area contributed by atoms with Crippen molar-refractivity contribution < 1.29 is 0 Å². The third-order valence-corrected chi connectivity index (χ3v) is 2.23. The molecule has 0 aromatic carbocycles. The van der Waals surface area contributed by atoms with E-state index in [4.69, 9.17) is 5.73 Å². The topological polar surface area (TPSA) is 26.0 Å². The van der Waals surface area contributed by atoms with Gasteiger partial charge in [-0.05, 0) is 12.8 Å². The van der Waals surface area contributed by atoms with E-state index in [1.165, 1.54) is 0 Å². The molecule has 0 fully saturated rings. The average Bonchev–Trinajstić information content (AvgIpc) is 1.87. The minimum absolute atomic E-state index is 0.0139. The monoisotopic (exact) mass is 132 g/mol. The lowest BCUT2D eigenvalue weighted by atomic mass is 10.0.